The molecule has 0 saturated carbocycles. The van der Waals surface area contributed by atoms with Crippen LogP contribution in [0.3, 0.4) is 0 Å². The summed E-state index contributed by atoms with van der Waals surface area (Å²) < 4.78 is 25.8. The van der Waals surface area contributed by atoms with Crippen LogP contribution in [0.5, 0.6) is 11.5 Å². The molecule has 2 aromatic carbocycles. The highest BCUT2D eigenvalue weighted by molar-refractivity contribution is 7.98. The standard InChI is InChI=1S/C18H17ClFN3O2S/c1-23-17(10-25-15-7-5-14(24-2)6-8-15)21-22-18(23)26-11-12-3-4-13(20)9-16(12)19/h3-9H,10-11H2,1-2H3. The SMILES string of the molecule is COc1ccc(OCc2nnc(SCc3ccc(F)cc3Cl)n2C)cc1. The fraction of sp³-hybridized carbons (Fsp3) is 0.222. The third-order valence-electron chi connectivity index (χ3n) is 3.72. The Balaban J connectivity index is 1.60. The Hall–Kier alpha value is -2.25. The van der Waals surface area contributed by atoms with Gasteiger partial charge in [-0.15, -0.1) is 10.2 Å². The van der Waals surface area contributed by atoms with Crippen LogP contribution in [0.4, 0.5) is 4.39 Å². The number of ether oxygens (including phenoxy) is 2. The van der Waals surface area contributed by atoms with Crippen LogP contribution in [-0.4, -0.2) is 21.9 Å². The van der Waals surface area contributed by atoms with E-state index in [9.17, 15) is 4.39 Å². The highest BCUT2D eigenvalue weighted by Crippen LogP contribution is 2.26. The van der Waals surface area contributed by atoms with Crippen molar-refractivity contribution >= 4 is 23.4 Å². The first-order chi connectivity index (χ1) is 12.6. The van der Waals surface area contributed by atoms with E-state index < -0.39 is 0 Å². The minimum atomic E-state index is -0.347. The molecule has 0 N–H and O–H groups in total. The first-order valence-electron chi connectivity index (χ1n) is 7.78. The third kappa shape index (κ3) is 4.47. The largest absolute Gasteiger partial charge is 0.497 e. The van der Waals surface area contributed by atoms with E-state index in [-0.39, 0.29) is 5.82 Å². The van der Waals surface area contributed by atoms with Crippen molar-refractivity contribution < 1.29 is 13.9 Å². The fourth-order valence-corrected chi connectivity index (χ4v) is 3.44. The van der Waals surface area contributed by atoms with Gasteiger partial charge in [-0.2, -0.15) is 0 Å². The van der Waals surface area contributed by atoms with Crippen molar-refractivity contribution in [3.63, 3.8) is 0 Å². The first kappa shape index (κ1) is 18.5. The predicted molar refractivity (Wildman–Crippen MR) is 99.3 cm³/mol. The van der Waals surface area contributed by atoms with Gasteiger partial charge >= 0.3 is 0 Å². The van der Waals surface area contributed by atoms with Gasteiger partial charge in [0.15, 0.2) is 11.0 Å². The molecule has 0 unspecified atom stereocenters. The van der Waals surface area contributed by atoms with Gasteiger partial charge in [0.05, 0.1) is 7.11 Å². The lowest BCUT2D eigenvalue weighted by Crippen LogP contribution is -2.04. The summed E-state index contributed by atoms with van der Waals surface area (Å²) in [6, 6.07) is 11.7. The van der Waals surface area contributed by atoms with Crippen LogP contribution in [0.2, 0.25) is 5.02 Å². The lowest BCUT2D eigenvalue weighted by atomic mass is 10.2. The van der Waals surface area contributed by atoms with E-state index in [1.165, 1.54) is 23.9 Å². The molecule has 1 heterocycles. The van der Waals surface area contributed by atoms with Gasteiger partial charge in [-0.1, -0.05) is 29.4 Å². The summed E-state index contributed by atoms with van der Waals surface area (Å²) >= 11 is 7.53. The van der Waals surface area contributed by atoms with Gasteiger partial charge in [0.25, 0.3) is 0 Å². The molecule has 0 saturated heterocycles. The Kier molecular flexibility index (Phi) is 6.00. The molecule has 136 valence electrons. The van der Waals surface area contributed by atoms with Gasteiger partial charge in [-0.25, -0.2) is 4.39 Å². The van der Waals surface area contributed by atoms with Gasteiger partial charge in [0.1, 0.15) is 23.9 Å². The molecular formula is C18H17ClFN3O2S. The molecule has 0 aliphatic carbocycles. The number of halogens is 2. The Morgan fingerprint density at radius 3 is 2.54 bits per heavy atom. The van der Waals surface area contributed by atoms with Gasteiger partial charge in [-0.05, 0) is 42.0 Å². The molecule has 3 aromatic rings. The van der Waals surface area contributed by atoms with Crippen molar-refractivity contribution in [3.05, 3.63) is 64.7 Å². The molecule has 5 nitrogen and oxygen atoms in total. The summed E-state index contributed by atoms with van der Waals surface area (Å²) in [6.07, 6.45) is 0. The van der Waals surface area contributed by atoms with Crippen molar-refractivity contribution in [3.8, 4) is 11.5 Å². The van der Waals surface area contributed by atoms with E-state index in [1.54, 1.807) is 13.2 Å². The summed E-state index contributed by atoms with van der Waals surface area (Å²) in [5.74, 6) is 2.42. The molecule has 0 fully saturated rings. The maximum atomic E-state index is 13.1. The highest BCUT2D eigenvalue weighted by atomic mass is 35.5. The smallest absolute Gasteiger partial charge is 0.191 e. The Morgan fingerprint density at radius 1 is 1.12 bits per heavy atom. The quantitative estimate of drug-likeness (QED) is 0.553. The number of benzene rings is 2. The number of aromatic nitrogens is 3. The molecule has 0 amide bonds. The molecule has 0 aliphatic rings. The topological polar surface area (TPSA) is 49.2 Å². The second-order valence-corrected chi connectivity index (χ2v) is 6.80. The minimum Gasteiger partial charge on any atom is -0.497 e. The van der Waals surface area contributed by atoms with Gasteiger partial charge < -0.3 is 14.0 Å². The third-order valence-corrected chi connectivity index (χ3v) is 5.15. The van der Waals surface area contributed by atoms with Crippen molar-refractivity contribution in [1.29, 1.82) is 0 Å². The summed E-state index contributed by atoms with van der Waals surface area (Å²) in [4.78, 5) is 0. The monoisotopic (exact) mass is 393 g/mol. The van der Waals surface area contributed by atoms with Crippen molar-refractivity contribution in [2.45, 2.75) is 17.5 Å². The molecule has 0 bridgehead atoms. The second-order valence-electron chi connectivity index (χ2n) is 5.45. The average Bonchev–Trinajstić information content (AvgIpc) is 2.99. The maximum Gasteiger partial charge on any atom is 0.191 e. The van der Waals surface area contributed by atoms with E-state index >= 15 is 0 Å². The predicted octanol–water partition coefficient (Wildman–Crippen LogP) is 4.49. The lowest BCUT2D eigenvalue weighted by molar-refractivity contribution is 0.290. The molecule has 0 aliphatic heterocycles. The Bertz CT molecular complexity index is 887. The Labute approximate surface area is 160 Å². The first-order valence-corrected chi connectivity index (χ1v) is 9.15. The van der Waals surface area contributed by atoms with Crippen LogP contribution in [0.15, 0.2) is 47.6 Å². The molecular weight excluding hydrogens is 377 g/mol. The molecule has 0 atom stereocenters. The lowest BCUT2D eigenvalue weighted by Gasteiger charge is -2.08. The van der Waals surface area contributed by atoms with Crippen LogP contribution < -0.4 is 9.47 Å². The number of nitrogens with zero attached hydrogens (tertiary/aromatic N) is 3. The van der Waals surface area contributed by atoms with Crippen LogP contribution in [-0.2, 0) is 19.4 Å². The molecule has 0 spiro atoms. The van der Waals surface area contributed by atoms with Gasteiger partial charge in [0, 0.05) is 17.8 Å². The van der Waals surface area contributed by atoms with Crippen LogP contribution in [0.25, 0.3) is 0 Å². The number of methoxy groups -OCH3 is 1. The molecule has 26 heavy (non-hydrogen) atoms. The van der Waals surface area contributed by atoms with E-state index in [0.29, 0.717) is 23.2 Å². The molecule has 8 heteroatoms. The molecule has 3 rings (SSSR count). The molecule has 1 aromatic heterocycles. The zero-order chi connectivity index (χ0) is 18.5. The number of hydrogen-bond donors (Lipinski definition) is 0. The maximum absolute atomic E-state index is 13.1. The fourth-order valence-electron chi connectivity index (χ4n) is 2.20. The summed E-state index contributed by atoms with van der Waals surface area (Å²) in [5.41, 5.74) is 0.845. The van der Waals surface area contributed by atoms with Crippen LogP contribution in [0.1, 0.15) is 11.4 Å². The van der Waals surface area contributed by atoms with Crippen LogP contribution in [0, 0.1) is 5.82 Å². The highest BCUT2D eigenvalue weighted by Gasteiger charge is 2.11. The summed E-state index contributed by atoms with van der Waals surface area (Å²) in [6.45, 7) is 0.299. The van der Waals surface area contributed by atoms with E-state index in [4.69, 9.17) is 21.1 Å². The second kappa shape index (κ2) is 8.42. The average molecular weight is 394 g/mol. The van der Waals surface area contributed by atoms with E-state index in [1.807, 2.05) is 35.9 Å². The minimum absolute atomic E-state index is 0.299. The van der Waals surface area contributed by atoms with Crippen LogP contribution >= 0.6 is 23.4 Å². The van der Waals surface area contributed by atoms with Gasteiger partial charge in [-0.3, -0.25) is 0 Å². The van der Waals surface area contributed by atoms with E-state index in [0.717, 1.165) is 22.2 Å². The zero-order valence-corrected chi connectivity index (χ0v) is 15.9. The number of thioether (sulfide) groups is 1. The number of rotatable bonds is 7. The summed E-state index contributed by atoms with van der Waals surface area (Å²) in [7, 11) is 3.50. The molecule has 0 radical (unpaired) electrons. The number of hydrogen-bond acceptors (Lipinski definition) is 5. The van der Waals surface area contributed by atoms with Gasteiger partial charge in [0.2, 0.25) is 0 Å². The Morgan fingerprint density at radius 2 is 1.85 bits per heavy atom. The van der Waals surface area contributed by atoms with Crippen molar-refractivity contribution in [2.75, 3.05) is 7.11 Å². The zero-order valence-electron chi connectivity index (χ0n) is 14.3. The summed E-state index contributed by atoms with van der Waals surface area (Å²) in [5, 5.41) is 9.48. The van der Waals surface area contributed by atoms with Crippen molar-refractivity contribution in [1.82, 2.24) is 14.8 Å². The normalized spacial score (nSPS) is 10.8. The van der Waals surface area contributed by atoms with E-state index in [2.05, 4.69) is 10.2 Å². The van der Waals surface area contributed by atoms with Crippen molar-refractivity contribution in [2.24, 2.45) is 7.05 Å².